The van der Waals surface area contributed by atoms with Crippen molar-refractivity contribution in [1.29, 1.82) is 0 Å². The van der Waals surface area contributed by atoms with Gasteiger partial charge in [-0.05, 0) is 24.1 Å². The zero-order valence-corrected chi connectivity index (χ0v) is 13.0. The second-order valence-electron chi connectivity index (χ2n) is 4.75. The van der Waals surface area contributed by atoms with Gasteiger partial charge < -0.3 is 4.74 Å². The van der Waals surface area contributed by atoms with Crippen LogP contribution in [0.5, 0.6) is 5.75 Å². The predicted molar refractivity (Wildman–Crippen MR) is 82.6 cm³/mol. The van der Waals surface area contributed by atoms with Crippen LogP contribution in [0.15, 0.2) is 24.3 Å². The van der Waals surface area contributed by atoms with Gasteiger partial charge in [0.15, 0.2) is 0 Å². The number of rotatable bonds is 10. The molecule has 0 radical (unpaired) electrons. The molecule has 0 saturated heterocycles. The van der Waals surface area contributed by atoms with E-state index < -0.39 is 0 Å². The van der Waals surface area contributed by atoms with Crippen LogP contribution < -0.4 is 4.74 Å². The summed E-state index contributed by atoms with van der Waals surface area (Å²) < 4.78 is 5.72. The molecule has 0 atom stereocenters. The van der Waals surface area contributed by atoms with Crippen LogP contribution in [0.1, 0.15) is 57.4 Å². The molecule has 0 aliphatic carbocycles. The first-order valence-electron chi connectivity index (χ1n) is 7.14. The summed E-state index contributed by atoms with van der Waals surface area (Å²) in [5.41, 5.74) is 1.29. The third-order valence-corrected chi connectivity index (χ3v) is 3.74. The van der Waals surface area contributed by atoms with Crippen molar-refractivity contribution >= 4 is 15.9 Å². The van der Waals surface area contributed by atoms with E-state index in [4.69, 9.17) is 4.74 Å². The van der Waals surface area contributed by atoms with Crippen LogP contribution in [0.2, 0.25) is 0 Å². The molecule has 0 fully saturated rings. The van der Waals surface area contributed by atoms with Gasteiger partial charge in [0, 0.05) is 5.33 Å². The molecule has 0 N–H and O–H groups in total. The van der Waals surface area contributed by atoms with Crippen molar-refractivity contribution in [2.75, 3.05) is 6.61 Å². The Kier molecular flexibility index (Phi) is 9.01. The van der Waals surface area contributed by atoms with Gasteiger partial charge in [0.05, 0.1) is 6.61 Å². The van der Waals surface area contributed by atoms with Crippen molar-refractivity contribution < 1.29 is 4.74 Å². The molecule has 18 heavy (non-hydrogen) atoms. The summed E-state index contributed by atoms with van der Waals surface area (Å²) in [6.45, 7) is 3.11. The predicted octanol–water partition coefficient (Wildman–Crippen LogP) is 5.71. The highest BCUT2D eigenvalue weighted by atomic mass is 79.9. The van der Waals surface area contributed by atoms with Gasteiger partial charge in [-0.15, -0.1) is 0 Å². The maximum Gasteiger partial charge on any atom is 0.119 e. The summed E-state index contributed by atoms with van der Waals surface area (Å²) in [4.78, 5) is 0. The van der Waals surface area contributed by atoms with Crippen LogP contribution >= 0.6 is 15.9 Å². The fraction of sp³-hybridized carbons (Fsp3) is 0.625. The Hall–Kier alpha value is -0.500. The summed E-state index contributed by atoms with van der Waals surface area (Å²) in [5, 5.41) is 0.908. The number of hydrogen-bond acceptors (Lipinski definition) is 1. The van der Waals surface area contributed by atoms with Crippen molar-refractivity contribution in [1.82, 2.24) is 0 Å². The van der Waals surface area contributed by atoms with Crippen LogP contribution in [-0.2, 0) is 5.33 Å². The molecule has 1 nitrogen and oxygen atoms in total. The lowest BCUT2D eigenvalue weighted by molar-refractivity contribution is 0.304. The van der Waals surface area contributed by atoms with Gasteiger partial charge in [-0.3, -0.25) is 0 Å². The molecule has 0 bridgehead atoms. The van der Waals surface area contributed by atoms with E-state index in [9.17, 15) is 0 Å². The van der Waals surface area contributed by atoms with Gasteiger partial charge in [-0.1, -0.05) is 73.5 Å². The zero-order chi connectivity index (χ0) is 13.1. The van der Waals surface area contributed by atoms with Gasteiger partial charge in [0.25, 0.3) is 0 Å². The fourth-order valence-corrected chi connectivity index (χ4v) is 2.30. The van der Waals surface area contributed by atoms with E-state index in [0.29, 0.717) is 0 Å². The molecule has 2 heteroatoms. The Labute approximate surface area is 120 Å². The van der Waals surface area contributed by atoms with Crippen molar-refractivity contribution in [3.8, 4) is 5.75 Å². The van der Waals surface area contributed by atoms with Crippen molar-refractivity contribution in [2.24, 2.45) is 0 Å². The van der Waals surface area contributed by atoms with E-state index in [1.54, 1.807) is 0 Å². The lowest BCUT2D eigenvalue weighted by Gasteiger charge is -2.06. The minimum absolute atomic E-state index is 0.849. The van der Waals surface area contributed by atoms with Gasteiger partial charge in [0.1, 0.15) is 5.75 Å². The Morgan fingerprint density at radius 1 is 0.889 bits per heavy atom. The van der Waals surface area contributed by atoms with E-state index in [1.165, 1.54) is 50.5 Å². The molecule has 1 aromatic rings. The van der Waals surface area contributed by atoms with E-state index in [-0.39, 0.29) is 0 Å². The first-order valence-corrected chi connectivity index (χ1v) is 8.26. The Bertz CT molecular complexity index is 294. The summed E-state index contributed by atoms with van der Waals surface area (Å²) >= 11 is 3.44. The van der Waals surface area contributed by atoms with Crippen LogP contribution in [0.4, 0.5) is 0 Å². The summed E-state index contributed by atoms with van der Waals surface area (Å²) in [5.74, 6) is 0.991. The third-order valence-electron chi connectivity index (χ3n) is 3.09. The topological polar surface area (TPSA) is 9.23 Å². The first-order chi connectivity index (χ1) is 8.86. The maximum atomic E-state index is 5.72. The zero-order valence-electron chi connectivity index (χ0n) is 11.5. The Balaban J connectivity index is 2.00. The van der Waals surface area contributed by atoms with Crippen LogP contribution in [0, 0.1) is 0 Å². The largest absolute Gasteiger partial charge is 0.494 e. The monoisotopic (exact) mass is 312 g/mol. The Morgan fingerprint density at radius 3 is 2.11 bits per heavy atom. The molecule has 0 amide bonds. The molecule has 102 valence electrons. The number of hydrogen-bond donors (Lipinski definition) is 0. The first kappa shape index (κ1) is 15.6. The second-order valence-corrected chi connectivity index (χ2v) is 5.31. The standard InChI is InChI=1S/C16H25BrO/c1-2-3-4-5-6-7-8-13-18-16-11-9-15(14-17)10-12-16/h9-12H,2-8,13-14H2,1H3. The number of alkyl halides is 1. The number of unbranched alkanes of at least 4 members (excludes halogenated alkanes) is 6. The van der Waals surface area contributed by atoms with Crippen molar-refractivity contribution in [3.63, 3.8) is 0 Å². The highest BCUT2D eigenvalue weighted by Crippen LogP contribution is 2.15. The number of ether oxygens (including phenoxy) is 1. The molecule has 1 aromatic carbocycles. The second kappa shape index (κ2) is 10.4. The summed E-state index contributed by atoms with van der Waals surface area (Å²) in [6.07, 6.45) is 9.31. The van der Waals surface area contributed by atoms with Crippen LogP contribution in [0.25, 0.3) is 0 Å². The van der Waals surface area contributed by atoms with Gasteiger partial charge in [0.2, 0.25) is 0 Å². The van der Waals surface area contributed by atoms with Crippen LogP contribution in [0.3, 0.4) is 0 Å². The quantitative estimate of drug-likeness (QED) is 0.397. The average molecular weight is 313 g/mol. The molecule has 0 aliphatic heterocycles. The smallest absolute Gasteiger partial charge is 0.119 e. The van der Waals surface area contributed by atoms with Crippen molar-refractivity contribution in [2.45, 2.75) is 57.2 Å². The minimum atomic E-state index is 0.849. The van der Waals surface area contributed by atoms with Crippen molar-refractivity contribution in [3.05, 3.63) is 29.8 Å². The molecular weight excluding hydrogens is 288 g/mol. The highest BCUT2D eigenvalue weighted by molar-refractivity contribution is 9.08. The lowest BCUT2D eigenvalue weighted by atomic mass is 10.1. The Morgan fingerprint density at radius 2 is 1.50 bits per heavy atom. The van der Waals surface area contributed by atoms with E-state index in [2.05, 4.69) is 47.1 Å². The normalized spacial score (nSPS) is 10.6. The maximum absolute atomic E-state index is 5.72. The lowest BCUT2D eigenvalue weighted by Crippen LogP contribution is -1.97. The molecule has 0 unspecified atom stereocenters. The van der Waals surface area contributed by atoms with Gasteiger partial charge in [-0.25, -0.2) is 0 Å². The third kappa shape index (κ3) is 7.05. The average Bonchev–Trinajstić information content (AvgIpc) is 2.42. The molecule has 0 saturated carbocycles. The van der Waals surface area contributed by atoms with Gasteiger partial charge in [-0.2, -0.15) is 0 Å². The van der Waals surface area contributed by atoms with Gasteiger partial charge >= 0.3 is 0 Å². The number of benzene rings is 1. The van der Waals surface area contributed by atoms with Crippen LogP contribution in [-0.4, -0.2) is 6.61 Å². The van der Waals surface area contributed by atoms with E-state index >= 15 is 0 Å². The molecular formula is C16H25BrO. The fourth-order valence-electron chi connectivity index (χ4n) is 1.92. The molecule has 0 aliphatic rings. The number of halogens is 1. The SMILES string of the molecule is CCCCCCCCCOc1ccc(CBr)cc1. The molecule has 0 spiro atoms. The molecule has 0 heterocycles. The van der Waals surface area contributed by atoms with E-state index in [1.807, 2.05) is 0 Å². The molecule has 1 rings (SSSR count). The minimum Gasteiger partial charge on any atom is -0.494 e. The highest BCUT2D eigenvalue weighted by Gasteiger charge is 1.95. The summed E-state index contributed by atoms with van der Waals surface area (Å²) in [6, 6.07) is 8.32. The van der Waals surface area contributed by atoms with E-state index in [0.717, 1.165) is 17.7 Å². The summed E-state index contributed by atoms with van der Waals surface area (Å²) in [7, 11) is 0. The molecule has 0 aromatic heterocycles.